The molecular weight excluding hydrogens is 617 g/mol. The zero-order valence-electron chi connectivity index (χ0n) is 8.25. The van der Waals surface area contributed by atoms with Crippen LogP contribution in [0.4, 0.5) is 0 Å². The Hall–Kier alpha value is 2.12. The van der Waals surface area contributed by atoms with E-state index in [1.807, 2.05) is 0 Å². The van der Waals surface area contributed by atoms with E-state index in [1.54, 1.807) is 0 Å². The summed E-state index contributed by atoms with van der Waals surface area (Å²) >= 11 is -10.9. The quantitative estimate of drug-likeness (QED) is 0.234. The van der Waals surface area contributed by atoms with Gasteiger partial charge in [0, 0.05) is 0 Å². The Balaban J connectivity index is -0.0000000143. The van der Waals surface area contributed by atoms with Crippen LogP contribution in [0.15, 0.2) is 0 Å². The van der Waals surface area contributed by atoms with Gasteiger partial charge in [0.2, 0.25) is 0 Å². The van der Waals surface area contributed by atoms with Crippen molar-refractivity contribution in [3.05, 3.63) is 0 Å². The molecule has 0 saturated heterocycles. The third kappa shape index (κ3) is 1050. The first-order valence-electron chi connectivity index (χ1n) is 2.36. The van der Waals surface area contributed by atoms with Gasteiger partial charge in [0.1, 0.15) is 0 Å². The Labute approximate surface area is 158 Å². The van der Waals surface area contributed by atoms with E-state index in [0.717, 1.165) is 0 Å². The molecule has 0 aliphatic carbocycles. The van der Waals surface area contributed by atoms with Crippen molar-refractivity contribution in [2.45, 2.75) is 0 Å². The molecule has 0 fully saturated rings. The van der Waals surface area contributed by atoms with Crippen molar-refractivity contribution in [2.75, 3.05) is 0 Å². The molecule has 0 N–H and O–H groups in total. The van der Waals surface area contributed by atoms with Crippen molar-refractivity contribution < 1.29 is 39.6 Å². The van der Waals surface area contributed by atoms with Gasteiger partial charge in [0.15, 0.2) is 0 Å². The van der Waals surface area contributed by atoms with E-state index in [1.165, 1.54) is 0 Å². The second-order valence-electron chi connectivity index (χ2n) is 0.481. The van der Waals surface area contributed by atoms with Crippen molar-refractivity contribution in [2.24, 2.45) is 0 Å². The van der Waals surface area contributed by atoms with Crippen LogP contribution in [0.1, 0.15) is 0 Å². The monoisotopic (exact) mass is 628 g/mol. The van der Waals surface area contributed by atoms with E-state index in [0.29, 0.717) is 0 Å². The van der Waals surface area contributed by atoms with Gasteiger partial charge < -0.3 is 0 Å². The SMILES string of the molecule is [Ga+3].[Mg+2].[O]=[GeH][O-].[O]=[GeH][O-].[O]=[GeH][O-].[O]=[GeH][O-].[O]=[GeH][O-]. The molecule has 0 aromatic carbocycles. The van der Waals surface area contributed by atoms with E-state index in [4.69, 9.17) is 39.6 Å². The third-order valence-electron chi connectivity index (χ3n) is 0. The fourth-order valence-electron chi connectivity index (χ4n) is 0. The summed E-state index contributed by atoms with van der Waals surface area (Å²) in [5, 5.41) is 0. The second-order valence-corrected chi connectivity index (χ2v) is 2.50. The first-order chi connectivity index (χ1) is 7.07. The molecule has 17 heteroatoms. The molecule has 0 bridgehead atoms. The van der Waals surface area contributed by atoms with Crippen molar-refractivity contribution in [3.8, 4) is 0 Å². The summed E-state index contributed by atoms with van der Waals surface area (Å²) in [7, 11) is 0. The van der Waals surface area contributed by atoms with Gasteiger partial charge in [-0.2, -0.15) is 0 Å². The minimum atomic E-state index is -2.19. The normalized spacial score (nSPS) is 3.53. The van der Waals surface area contributed by atoms with Gasteiger partial charge >= 0.3 is 161 Å². The van der Waals surface area contributed by atoms with Crippen LogP contribution in [0.5, 0.6) is 0 Å². The van der Waals surface area contributed by atoms with Gasteiger partial charge in [-0.3, -0.25) is 0 Å². The summed E-state index contributed by atoms with van der Waals surface area (Å²) in [6, 6.07) is 0. The van der Waals surface area contributed by atoms with Gasteiger partial charge in [0.25, 0.3) is 0 Å². The Bertz CT molecular complexity index is 97.0. The van der Waals surface area contributed by atoms with Gasteiger partial charge in [-0.05, 0) is 0 Å². The maximum atomic E-state index is 8.53. The van der Waals surface area contributed by atoms with Crippen LogP contribution in [0.2, 0.25) is 0 Å². The maximum absolute atomic E-state index is 8.53. The molecule has 0 atom stereocenters. The molecule has 0 heterocycles. The topological polar surface area (TPSA) is 201 Å². The van der Waals surface area contributed by atoms with Crippen molar-refractivity contribution in [3.63, 3.8) is 0 Å². The van der Waals surface area contributed by atoms with Crippen LogP contribution in [-0.2, 0) is 18.9 Å². The summed E-state index contributed by atoms with van der Waals surface area (Å²) in [6.07, 6.45) is 0. The first-order valence-corrected chi connectivity index (χ1v) is 12.2. The molecule has 90 valence electrons. The summed E-state index contributed by atoms with van der Waals surface area (Å²) < 4.78 is 85.3. The zero-order valence-corrected chi connectivity index (χ0v) is 24.2. The van der Waals surface area contributed by atoms with Gasteiger partial charge in [-0.25, -0.2) is 0 Å². The molecule has 0 aromatic rings. The predicted molar refractivity (Wildman–Crippen MR) is 50.7 cm³/mol. The van der Waals surface area contributed by atoms with Crippen molar-refractivity contribution in [1.29, 1.82) is 0 Å². The molecule has 0 rings (SSSR count). The van der Waals surface area contributed by atoms with Crippen LogP contribution in [0, 0.1) is 0 Å². The third-order valence-corrected chi connectivity index (χ3v) is 0. The average molecular weight is 622 g/mol. The summed E-state index contributed by atoms with van der Waals surface area (Å²) in [6.45, 7) is 0. The van der Waals surface area contributed by atoms with Crippen LogP contribution < -0.4 is 20.7 Å². The summed E-state index contributed by atoms with van der Waals surface area (Å²) in [5.41, 5.74) is 0. The molecular formula is H5GaGe5MgO10. The molecule has 0 unspecified atom stereocenters. The Kier molecular flexibility index (Phi) is 263. The average Bonchev–Trinajstić information content (AvgIpc) is 2.09. The minimum absolute atomic E-state index is 0. The van der Waals surface area contributed by atoms with E-state index < -0.39 is 78.5 Å². The van der Waals surface area contributed by atoms with Gasteiger partial charge in [-0.15, -0.1) is 0 Å². The second kappa shape index (κ2) is 105. The fraction of sp³-hybridized carbons (Fsp3) is 0. The Morgan fingerprint density at radius 1 is 0.471 bits per heavy atom. The van der Waals surface area contributed by atoms with E-state index in [2.05, 4.69) is 0 Å². The fourth-order valence-corrected chi connectivity index (χ4v) is 0. The molecule has 0 saturated carbocycles. The Morgan fingerprint density at radius 2 is 0.471 bits per heavy atom. The van der Waals surface area contributed by atoms with Crippen LogP contribution in [-0.4, -0.2) is 121 Å². The first kappa shape index (κ1) is 42.7. The van der Waals surface area contributed by atoms with Gasteiger partial charge in [0.05, 0.1) is 0 Å². The summed E-state index contributed by atoms with van der Waals surface area (Å²) in [4.78, 5) is 0. The molecule has 0 aliphatic heterocycles. The van der Waals surface area contributed by atoms with E-state index >= 15 is 0 Å². The number of rotatable bonds is 0. The van der Waals surface area contributed by atoms with Gasteiger partial charge in [-0.1, -0.05) is 0 Å². The van der Waals surface area contributed by atoms with Crippen LogP contribution >= 0.6 is 0 Å². The van der Waals surface area contributed by atoms with Crippen LogP contribution in [0.25, 0.3) is 0 Å². The molecule has 17 heavy (non-hydrogen) atoms. The number of hydrogen-bond acceptors (Lipinski definition) is 10. The molecule has 0 spiro atoms. The molecule has 0 aromatic heterocycles. The number of hydrogen-bond donors (Lipinski definition) is 0. The van der Waals surface area contributed by atoms with E-state index in [9.17, 15) is 0 Å². The zero-order chi connectivity index (χ0) is 13.5. The molecule has 0 aliphatic rings. The molecule has 10 nitrogen and oxygen atoms in total. The van der Waals surface area contributed by atoms with Crippen molar-refractivity contribution >= 4 is 121 Å². The standard InChI is InChI=1S/Ga.5GeHO2.Mg/c;5*2-1-3;/h;5*1H;/q+3;5*-1;+2. The molecule has 0 radical (unpaired) electrons. The van der Waals surface area contributed by atoms with Crippen molar-refractivity contribution in [1.82, 2.24) is 0 Å². The van der Waals surface area contributed by atoms with E-state index in [-0.39, 0.29) is 42.8 Å². The molecule has 0 amide bonds. The summed E-state index contributed by atoms with van der Waals surface area (Å²) in [5.74, 6) is 0. The Morgan fingerprint density at radius 3 is 0.471 bits per heavy atom. The van der Waals surface area contributed by atoms with Crippen LogP contribution in [0.3, 0.4) is 0 Å². The predicted octanol–water partition coefficient (Wildman–Crippen LogP) is -10.5.